The molecule has 0 aliphatic heterocycles. The van der Waals surface area contributed by atoms with Crippen molar-refractivity contribution >= 4 is 11.9 Å². The van der Waals surface area contributed by atoms with Gasteiger partial charge in [-0.1, -0.05) is 86.2 Å². The molecule has 0 saturated carbocycles. The molecule has 4 aromatic rings. The van der Waals surface area contributed by atoms with Gasteiger partial charge >= 0.3 is 11.9 Å². The first kappa shape index (κ1) is 30.6. The number of halogens is 2. The monoisotopic (exact) mass is 570 g/mol. The maximum atomic E-state index is 14.5. The van der Waals surface area contributed by atoms with Crippen LogP contribution in [0.1, 0.15) is 63.4 Å². The molecular formula is C36H36F2O4. The van der Waals surface area contributed by atoms with Gasteiger partial charge < -0.3 is 9.47 Å². The molecule has 4 nitrogen and oxygen atoms in total. The van der Waals surface area contributed by atoms with Crippen molar-refractivity contribution in [3.63, 3.8) is 0 Å². The van der Waals surface area contributed by atoms with Crippen molar-refractivity contribution in [3.05, 3.63) is 108 Å². The molecule has 0 fully saturated rings. The normalized spacial score (nSPS) is 10.8. The van der Waals surface area contributed by atoms with Gasteiger partial charge in [0.1, 0.15) is 23.1 Å². The summed E-state index contributed by atoms with van der Waals surface area (Å²) >= 11 is 0. The van der Waals surface area contributed by atoms with E-state index in [1.807, 2.05) is 24.3 Å². The van der Waals surface area contributed by atoms with E-state index in [2.05, 4.69) is 31.2 Å². The summed E-state index contributed by atoms with van der Waals surface area (Å²) in [7, 11) is 0. The highest BCUT2D eigenvalue weighted by Crippen LogP contribution is 2.27. The Labute approximate surface area is 246 Å². The Morgan fingerprint density at radius 2 is 1.00 bits per heavy atom. The van der Waals surface area contributed by atoms with Crippen LogP contribution in [0, 0.1) is 18.6 Å². The van der Waals surface area contributed by atoms with Crippen molar-refractivity contribution in [2.75, 3.05) is 0 Å². The molecule has 0 N–H and O–H groups in total. The Balaban J connectivity index is 1.03. The summed E-state index contributed by atoms with van der Waals surface area (Å²) in [5, 5.41) is 0. The van der Waals surface area contributed by atoms with Crippen molar-refractivity contribution in [2.24, 2.45) is 0 Å². The first-order valence-corrected chi connectivity index (χ1v) is 14.5. The second-order valence-corrected chi connectivity index (χ2v) is 10.5. The van der Waals surface area contributed by atoms with Crippen molar-refractivity contribution in [2.45, 2.75) is 64.7 Å². The minimum Gasteiger partial charge on any atom is -0.427 e. The van der Waals surface area contributed by atoms with Gasteiger partial charge in [0.15, 0.2) is 0 Å². The lowest BCUT2D eigenvalue weighted by molar-refractivity contribution is -0.135. The van der Waals surface area contributed by atoms with Gasteiger partial charge in [0.25, 0.3) is 0 Å². The third kappa shape index (κ3) is 9.65. The molecule has 218 valence electrons. The predicted octanol–water partition coefficient (Wildman–Crippen LogP) is 9.63. The molecular weight excluding hydrogens is 534 g/mol. The zero-order chi connectivity index (χ0) is 29.7. The van der Waals surface area contributed by atoms with E-state index in [9.17, 15) is 18.4 Å². The van der Waals surface area contributed by atoms with E-state index in [0.29, 0.717) is 29.7 Å². The van der Waals surface area contributed by atoms with Crippen LogP contribution >= 0.6 is 0 Å². The van der Waals surface area contributed by atoms with Gasteiger partial charge in [-0.3, -0.25) is 9.59 Å². The zero-order valence-corrected chi connectivity index (χ0v) is 23.9. The summed E-state index contributed by atoms with van der Waals surface area (Å²) in [4.78, 5) is 24.3. The fraction of sp³-hybridized carbons (Fsp3) is 0.278. The van der Waals surface area contributed by atoms with Crippen LogP contribution in [0.2, 0.25) is 0 Å². The number of unbranched alkanes of at least 4 members (excludes halogenated alkanes) is 6. The number of ether oxygens (including phenoxy) is 2. The van der Waals surface area contributed by atoms with E-state index >= 15 is 0 Å². The van der Waals surface area contributed by atoms with E-state index in [-0.39, 0.29) is 24.0 Å². The van der Waals surface area contributed by atoms with Gasteiger partial charge in [-0.25, -0.2) is 8.78 Å². The maximum absolute atomic E-state index is 14.5. The molecule has 0 aliphatic carbocycles. The van der Waals surface area contributed by atoms with Gasteiger partial charge in [0.05, 0.1) is 0 Å². The first-order valence-electron chi connectivity index (χ1n) is 14.5. The molecule has 0 radical (unpaired) electrons. The maximum Gasteiger partial charge on any atom is 0.311 e. The summed E-state index contributed by atoms with van der Waals surface area (Å²) in [6.45, 7) is 2.06. The lowest BCUT2D eigenvalue weighted by Gasteiger charge is -2.08. The van der Waals surface area contributed by atoms with Crippen molar-refractivity contribution < 1.29 is 27.8 Å². The number of benzene rings is 4. The van der Waals surface area contributed by atoms with Gasteiger partial charge in [-0.05, 0) is 72.9 Å². The summed E-state index contributed by atoms with van der Waals surface area (Å²) in [5.74, 6) is -0.830. The van der Waals surface area contributed by atoms with E-state index in [1.54, 1.807) is 0 Å². The number of carbonyl (C=O) groups excluding carboxylic acids is 2. The van der Waals surface area contributed by atoms with Crippen LogP contribution in [0.3, 0.4) is 0 Å². The third-order valence-electron chi connectivity index (χ3n) is 7.06. The molecule has 0 amide bonds. The number of hydrogen-bond acceptors (Lipinski definition) is 4. The molecule has 0 spiro atoms. The lowest BCUT2D eigenvalue weighted by atomic mass is 10.0. The second-order valence-electron chi connectivity index (χ2n) is 10.5. The summed E-state index contributed by atoms with van der Waals surface area (Å²) in [5.41, 5.74) is 4.28. The van der Waals surface area contributed by atoms with Crippen molar-refractivity contribution in [1.82, 2.24) is 0 Å². The third-order valence-corrected chi connectivity index (χ3v) is 7.06. The van der Waals surface area contributed by atoms with Gasteiger partial charge in [0.2, 0.25) is 0 Å². The zero-order valence-electron chi connectivity index (χ0n) is 23.9. The largest absolute Gasteiger partial charge is 0.427 e. The molecule has 42 heavy (non-hydrogen) atoms. The predicted molar refractivity (Wildman–Crippen MR) is 161 cm³/mol. The van der Waals surface area contributed by atoms with Crippen LogP contribution in [0.4, 0.5) is 8.78 Å². The Bertz CT molecular complexity index is 1450. The van der Waals surface area contributed by atoms with E-state index < -0.39 is 11.8 Å². The number of aryl methyl sites for hydroxylation is 1. The van der Waals surface area contributed by atoms with Gasteiger partial charge in [-0.2, -0.15) is 0 Å². The van der Waals surface area contributed by atoms with Gasteiger partial charge in [0, 0.05) is 24.5 Å². The SMILES string of the molecule is Cc1ccc(-c2ccc(OC(=O)CCCCCCCCCC(=O)Oc3ccc(-c4ccc(F)cc4)c(F)c3)cc2)cc1. The average molecular weight is 571 g/mol. The Morgan fingerprint density at radius 1 is 0.548 bits per heavy atom. The van der Waals surface area contributed by atoms with E-state index in [1.165, 1.54) is 48.0 Å². The quantitative estimate of drug-likeness (QED) is 0.0860. The highest BCUT2D eigenvalue weighted by molar-refractivity contribution is 5.74. The summed E-state index contributed by atoms with van der Waals surface area (Å²) in [6, 6.07) is 25.7. The van der Waals surface area contributed by atoms with Crippen LogP contribution in [0.5, 0.6) is 11.5 Å². The van der Waals surface area contributed by atoms with Crippen LogP contribution in [-0.2, 0) is 9.59 Å². The smallest absolute Gasteiger partial charge is 0.311 e. The number of carbonyl (C=O) groups is 2. The number of hydrogen-bond donors (Lipinski definition) is 0. The first-order chi connectivity index (χ1) is 20.4. The van der Waals surface area contributed by atoms with E-state index in [0.717, 1.165) is 49.7 Å². The Morgan fingerprint density at radius 3 is 1.55 bits per heavy atom. The molecule has 0 atom stereocenters. The Kier molecular flexibility index (Phi) is 11.4. The van der Waals surface area contributed by atoms with Gasteiger partial charge in [-0.15, -0.1) is 0 Å². The molecule has 0 aromatic heterocycles. The minimum absolute atomic E-state index is 0.154. The number of rotatable bonds is 14. The minimum atomic E-state index is -0.535. The van der Waals surface area contributed by atoms with Crippen LogP contribution in [0.25, 0.3) is 22.3 Å². The molecule has 4 rings (SSSR count). The highest BCUT2D eigenvalue weighted by atomic mass is 19.1. The average Bonchev–Trinajstić information content (AvgIpc) is 2.98. The molecule has 0 aliphatic rings. The number of esters is 2. The summed E-state index contributed by atoms with van der Waals surface area (Å²) in [6.07, 6.45) is 7.01. The molecule has 0 unspecified atom stereocenters. The fourth-order valence-electron chi connectivity index (χ4n) is 4.67. The van der Waals surface area contributed by atoms with E-state index in [4.69, 9.17) is 9.47 Å². The van der Waals surface area contributed by atoms with Crippen molar-refractivity contribution in [3.8, 4) is 33.8 Å². The second kappa shape index (κ2) is 15.6. The fourth-order valence-corrected chi connectivity index (χ4v) is 4.67. The van der Waals surface area contributed by atoms with Crippen molar-refractivity contribution in [1.29, 1.82) is 0 Å². The Hall–Kier alpha value is -4.32. The summed E-state index contributed by atoms with van der Waals surface area (Å²) < 4.78 is 38.3. The topological polar surface area (TPSA) is 52.6 Å². The van der Waals surface area contributed by atoms with Crippen LogP contribution in [-0.4, -0.2) is 11.9 Å². The molecule has 0 saturated heterocycles. The molecule has 6 heteroatoms. The molecule has 0 bridgehead atoms. The molecule has 4 aromatic carbocycles. The molecule has 0 heterocycles. The lowest BCUT2D eigenvalue weighted by Crippen LogP contribution is -2.08. The van der Waals surface area contributed by atoms with Crippen LogP contribution in [0.15, 0.2) is 91.0 Å². The van der Waals surface area contributed by atoms with Crippen LogP contribution < -0.4 is 9.47 Å². The standard InChI is InChI=1S/C36H36F2O4/c1-26-11-13-27(14-12-26)28-17-21-31(22-18-28)41-35(39)9-7-5-3-2-4-6-8-10-36(40)42-32-23-24-33(34(38)25-32)29-15-19-30(37)20-16-29/h11-25H,2-10H2,1H3. The highest BCUT2D eigenvalue weighted by Gasteiger charge is 2.11.